The van der Waals surface area contributed by atoms with Crippen LogP contribution in [0.5, 0.6) is 0 Å². The normalized spacial score (nSPS) is 24.1. The summed E-state index contributed by atoms with van der Waals surface area (Å²) >= 11 is 1.72. The topological polar surface area (TPSA) is 72.2 Å². The third-order valence-electron chi connectivity index (χ3n) is 6.73. The van der Waals surface area contributed by atoms with Crippen LogP contribution in [-0.4, -0.2) is 35.8 Å². The number of rotatable bonds is 14. The first-order valence-electron chi connectivity index (χ1n) is 12.2. The molecule has 0 aromatic rings. The molecule has 5 atom stereocenters. The number of nitrogens with two attached hydrogens (primary N) is 1. The Kier molecular flexibility index (Phi) is 13.3. The molecule has 1 amide bonds. The number of hydrogen-bond donors (Lipinski definition) is 2. The van der Waals surface area contributed by atoms with E-state index in [0.29, 0.717) is 42.3 Å². The lowest BCUT2D eigenvalue weighted by Crippen LogP contribution is -2.46. The van der Waals surface area contributed by atoms with Gasteiger partial charge in [0.2, 0.25) is 5.91 Å². The van der Waals surface area contributed by atoms with Gasteiger partial charge in [0.15, 0.2) is 0 Å². The maximum absolute atomic E-state index is 13.0. The van der Waals surface area contributed by atoms with Gasteiger partial charge in [0.25, 0.3) is 0 Å². The Bertz CT molecular complexity index is 509. The molecule has 4 nitrogen and oxygen atoms in total. The number of hydrogen-bond acceptors (Lipinski definition) is 4. The van der Waals surface area contributed by atoms with Gasteiger partial charge in [0.05, 0.1) is 6.04 Å². The number of unbranched alkanes of at least 4 members (excludes halogenated alkanes) is 1. The second kappa shape index (κ2) is 14.5. The zero-order valence-corrected chi connectivity index (χ0v) is 21.2. The predicted molar refractivity (Wildman–Crippen MR) is 131 cm³/mol. The second-order valence-corrected chi connectivity index (χ2v) is 11.4. The van der Waals surface area contributed by atoms with Crippen molar-refractivity contribution in [1.82, 2.24) is 5.32 Å². The summed E-state index contributed by atoms with van der Waals surface area (Å²) in [6.07, 6.45) is 10.8. The van der Waals surface area contributed by atoms with Gasteiger partial charge in [-0.2, -0.15) is 11.8 Å². The zero-order valence-electron chi connectivity index (χ0n) is 20.4. The van der Waals surface area contributed by atoms with Crippen LogP contribution in [0.2, 0.25) is 0 Å². The Hall–Kier alpha value is -0.550. The van der Waals surface area contributed by atoms with Crippen molar-refractivity contribution >= 4 is 23.5 Å². The lowest BCUT2D eigenvalue weighted by atomic mass is 9.68. The van der Waals surface area contributed by atoms with Crippen LogP contribution in [0.15, 0.2) is 0 Å². The van der Waals surface area contributed by atoms with Crippen molar-refractivity contribution < 1.29 is 9.59 Å². The highest BCUT2D eigenvalue weighted by Crippen LogP contribution is 2.39. The van der Waals surface area contributed by atoms with E-state index in [9.17, 15) is 9.59 Å². The molecule has 0 spiro atoms. The highest BCUT2D eigenvalue weighted by molar-refractivity contribution is 7.98. The Balaban J connectivity index is 2.48. The molecule has 176 valence electrons. The monoisotopic (exact) mass is 440 g/mol. The SMILES string of the molecule is CSCC[C@H](N)C(=O)N[C@H](CCCCC(=O)[C@@H]1C[C@H](C)CC[C@H]1C(C)C)CC(C)C. The van der Waals surface area contributed by atoms with Gasteiger partial charge < -0.3 is 11.1 Å². The van der Waals surface area contributed by atoms with Crippen LogP contribution in [0.1, 0.15) is 92.4 Å². The molecule has 1 aliphatic carbocycles. The van der Waals surface area contributed by atoms with Gasteiger partial charge >= 0.3 is 0 Å². The minimum atomic E-state index is -0.421. The van der Waals surface area contributed by atoms with E-state index in [0.717, 1.165) is 37.9 Å². The Morgan fingerprint density at radius 3 is 2.40 bits per heavy atom. The van der Waals surface area contributed by atoms with Gasteiger partial charge in [-0.3, -0.25) is 9.59 Å². The number of carbonyl (C=O) groups excluding carboxylic acids is 2. The maximum atomic E-state index is 13.0. The summed E-state index contributed by atoms with van der Waals surface area (Å²) in [7, 11) is 0. The molecule has 0 heterocycles. The molecule has 1 fully saturated rings. The summed E-state index contributed by atoms with van der Waals surface area (Å²) in [6, 6.07) is -0.263. The number of Topliss-reactive ketones (excluding diaryl/α,β-unsaturated/α-hetero) is 1. The van der Waals surface area contributed by atoms with Crippen molar-refractivity contribution in [3.63, 3.8) is 0 Å². The number of carbonyl (C=O) groups is 2. The minimum Gasteiger partial charge on any atom is -0.352 e. The highest BCUT2D eigenvalue weighted by atomic mass is 32.2. The lowest BCUT2D eigenvalue weighted by molar-refractivity contribution is -0.127. The smallest absolute Gasteiger partial charge is 0.237 e. The van der Waals surface area contributed by atoms with E-state index in [-0.39, 0.29) is 17.9 Å². The van der Waals surface area contributed by atoms with Crippen molar-refractivity contribution in [1.29, 1.82) is 0 Å². The molecule has 0 bridgehead atoms. The molecule has 1 saturated carbocycles. The summed E-state index contributed by atoms with van der Waals surface area (Å²) in [5.74, 6) is 3.96. The van der Waals surface area contributed by atoms with Crippen molar-refractivity contribution in [2.45, 2.75) is 104 Å². The van der Waals surface area contributed by atoms with Gasteiger partial charge in [0.1, 0.15) is 5.78 Å². The summed E-state index contributed by atoms with van der Waals surface area (Å²) in [4.78, 5) is 25.4. The van der Waals surface area contributed by atoms with Gasteiger partial charge in [-0.1, -0.05) is 47.5 Å². The van der Waals surface area contributed by atoms with E-state index in [1.807, 2.05) is 6.26 Å². The first kappa shape index (κ1) is 27.5. The molecule has 0 aliphatic heterocycles. The number of thioether (sulfide) groups is 1. The highest BCUT2D eigenvalue weighted by Gasteiger charge is 2.34. The average molecular weight is 441 g/mol. The first-order chi connectivity index (χ1) is 14.1. The molecule has 0 aromatic heterocycles. The van der Waals surface area contributed by atoms with Crippen LogP contribution in [-0.2, 0) is 9.59 Å². The van der Waals surface area contributed by atoms with Gasteiger partial charge in [0, 0.05) is 18.4 Å². The van der Waals surface area contributed by atoms with Gasteiger partial charge in [-0.05, 0) is 74.2 Å². The molecule has 0 aromatic carbocycles. The third kappa shape index (κ3) is 10.2. The molecule has 0 radical (unpaired) electrons. The number of amides is 1. The average Bonchev–Trinajstić information content (AvgIpc) is 2.68. The van der Waals surface area contributed by atoms with Gasteiger partial charge in [-0.25, -0.2) is 0 Å². The third-order valence-corrected chi connectivity index (χ3v) is 7.38. The van der Waals surface area contributed by atoms with Crippen LogP contribution in [0.3, 0.4) is 0 Å². The fourth-order valence-electron chi connectivity index (χ4n) is 4.95. The fourth-order valence-corrected chi connectivity index (χ4v) is 5.44. The van der Waals surface area contributed by atoms with E-state index < -0.39 is 6.04 Å². The summed E-state index contributed by atoms with van der Waals surface area (Å²) < 4.78 is 0. The van der Waals surface area contributed by atoms with E-state index in [2.05, 4.69) is 39.9 Å². The largest absolute Gasteiger partial charge is 0.352 e. The Morgan fingerprint density at radius 2 is 1.80 bits per heavy atom. The molecule has 5 heteroatoms. The van der Waals surface area contributed by atoms with Crippen molar-refractivity contribution in [2.75, 3.05) is 12.0 Å². The van der Waals surface area contributed by atoms with E-state index in [1.165, 1.54) is 12.8 Å². The number of ketones is 1. The fraction of sp³-hybridized carbons (Fsp3) is 0.920. The standard InChI is InChI=1S/C25H48N2O2S/c1-17(2)15-20(27-25(29)23(26)13-14-30-6)9-7-8-10-24(28)22-16-19(5)11-12-21(22)18(3)4/h17-23H,7-16,26H2,1-6H3,(H,27,29)/t19-,20-,21+,22-,23+/m1/s1. The van der Waals surface area contributed by atoms with Crippen molar-refractivity contribution in [3.05, 3.63) is 0 Å². The quantitative estimate of drug-likeness (QED) is 0.353. The van der Waals surface area contributed by atoms with E-state index in [1.54, 1.807) is 11.8 Å². The van der Waals surface area contributed by atoms with Crippen LogP contribution in [0.25, 0.3) is 0 Å². The van der Waals surface area contributed by atoms with Crippen molar-refractivity contribution in [2.24, 2.45) is 35.3 Å². The second-order valence-electron chi connectivity index (χ2n) is 10.4. The van der Waals surface area contributed by atoms with Crippen LogP contribution in [0, 0.1) is 29.6 Å². The maximum Gasteiger partial charge on any atom is 0.237 e. The minimum absolute atomic E-state index is 0.0262. The summed E-state index contributed by atoms with van der Waals surface area (Å²) in [6.45, 7) is 11.2. The van der Waals surface area contributed by atoms with E-state index in [4.69, 9.17) is 5.73 Å². The Labute approximate surface area is 190 Å². The molecular weight excluding hydrogens is 392 g/mol. The summed E-state index contributed by atoms with van der Waals surface area (Å²) in [5.41, 5.74) is 6.04. The van der Waals surface area contributed by atoms with Crippen LogP contribution >= 0.6 is 11.8 Å². The molecule has 3 N–H and O–H groups in total. The molecule has 0 saturated heterocycles. The van der Waals surface area contributed by atoms with E-state index >= 15 is 0 Å². The molecule has 30 heavy (non-hydrogen) atoms. The first-order valence-corrected chi connectivity index (χ1v) is 13.6. The van der Waals surface area contributed by atoms with Crippen LogP contribution < -0.4 is 11.1 Å². The Morgan fingerprint density at radius 1 is 1.10 bits per heavy atom. The van der Waals surface area contributed by atoms with Crippen molar-refractivity contribution in [3.8, 4) is 0 Å². The van der Waals surface area contributed by atoms with Crippen LogP contribution in [0.4, 0.5) is 0 Å². The molecular formula is C25H48N2O2S. The molecule has 1 rings (SSSR count). The molecule has 0 unspecified atom stereocenters. The van der Waals surface area contributed by atoms with Gasteiger partial charge in [-0.15, -0.1) is 0 Å². The molecule has 1 aliphatic rings. The number of nitrogens with one attached hydrogen (secondary N) is 1. The lowest BCUT2D eigenvalue weighted by Gasteiger charge is -2.36. The predicted octanol–water partition coefficient (Wildman–Crippen LogP) is 5.44. The zero-order chi connectivity index (χ0) is 22.7. The summed E-state index contributed by atoms with van der Waals surface area (Å²) in [5, 5.41) is 3.18.